The lowest BCUT2D eigenvalue weighted by Gasteiger charge is -2.39. The normalized spacial score (nSPS) is 24.8. The van der Waals surface area contributed by atoms with Gasteiger partial charge in [-0.3, -0.25) is 19.2 Å². The number of fused-ring (bicyclic) bond motifs is 2. The van der Waals surface area contributed by atoms with Crippen molar-refractivity contribution in [2.75, 3.05) is 25.1 Å². The summed E-state index contributed by atoms with van der Waals surface area (Å²) < 4.78 is 13.3. The fourth-order valence-electron chi connectivity index (χ4n) is 9.21. The highest BCUT2D eigenvalue weighted by atomic mass is 79.9. The van der Waals surface area contributed by atoms with Gasteiger partial charge in [-0.15, -0.1) is 13.2 Å². The molecule has 9 atom stereocenters. The van der Waals surface area contributed by atoms with Crippen LogP contribution in [0.25, 0.3) is 10.8 Å². The number of carbonyl (C=O) groups is 4. The maximum atomic E-state index is 15.4. The number of carbonyl (C=O) groups excluding carboxylic acids is 4. The molecule has 3 saturated heterocycles. The van der Waals surface area contributed by atoms with Crippen molar-refractivity contribution in [2.24, 2.45) is 11.8 Å². The molecule has 3 fully saturated rings. The number of likely N-dealkylation sites (N-methyl/N-ethyl adjacent to an activating group) is 1. The van der Waals surface area contributed by atoms with Crippen LogP contribution in [0.3, 0.4) is 0 Å². The maximum absolute atomic E-state index is 15.4. The molecular weight excluding hydrogens is 798 g/mol. The molecule has 4 aromatic rings. The van der Waals surface area contributed by atoms with Gasteiger partial charge in [0, 0.05) is 30.5 Å². The Morgan fingerprint density at radius 1 is 0.983 bits per heavy atom. The van der Waals surface area contributed by atoms with Crippen LogP contribution < -0.4 is 4.90 Å². The maximum Gasteiger partial charge on any atom is 0.313 e. The third-order valence-electron chi connectivity index (χ3n) is 12.1. The van der Waals surface area contributed by atoms with Gasteiger partial charge in [0.1, 0.15) is 17.7 Å². The molecule has 0 aromatic heterocycles. The molecule has 3 aliphatic rings. The van der Waals surface area contributed by atoms with Crippen LogP contribution in [0.15, 0.2) is 128 Å². The van der Waals surface area contributed by atoms with Crippen LogP contribution in [0.1, 0.15) is 43.4 Å². The predicted molar refractivity (Wildman–Crippen MR) is 227 cm³/mol. The van der Waals surface area contributed by atoms with Crippen LogP contribution >= 0.6 is 15.9 Å². The SMILES string of the molecule is C=CCCC(=O)N(C)[C@@H](C)[C@@H](OC(=O)[C@H]1[C@@H]2O[C@@]3(CC2Br)[C@@H]1C(=O)N([C@@H](CO)Cc1ccccc1)[C@@H]3C(=O)N(CC=C)c1ccc2ccccc2c1)c1ccccc1. The van der Waals surface area contributed by atoms with E-state index in [1.807, 2.05) is 110 Å². The smallest absolute Gasteiger partial charge is 0.313 e. The highest BCUT2D eigenvalue weighted by Gasteiger charge is 2.77. The van der Waals surface area contributed by atoms with Crippen molar-refractivity contribution < 1.29 is 33.8 Å². The minimum atomic E-state index is -1.43. The molecule has 1 spiro atoms. The van der Waals surface area contributed by atoms with Crippen molar-refractivity contribution in [1.29, 1.82) is 0 Å². The number of aliphatic hydroxyl groups is 1. The number of hydrogen-bond donors (Lipinski definition) is 1. The average molecular weight is 849 g/mol. The first kappa shape index (κ1) is 41.1. The number of ether oxygens (including phenoxy) is 2. The monoisotopic (exact) mass is 847 g/mol. The molecule has 3 aliphatic heterocycles. The third-order valence-corrected chi connectivity index (χ3v) is 13.0. The average Bonchev–Trinajstić information content (AvgIpc) is 3.85. The fourth-order valence-corrected chi connectivity index (χ4v) is 10.2. The number of allylic oxidation sites excluding steroid dienone is 1. The number of nitrogens with zero attached hydrogens (tertiary/aromatic N) is 3. The molecule has 58 heavy (non-hydrogen) atoms. The molecule has 0 aliphatic carbocycles. The van der Waals surface area contributed by atoms with Crippen molar-refractivity contribution in [2.45, 2.75) is 73.4 Å². The Labute approximate surface area is 348 Å². The summed E-state index contributed by atoms with van der Waals surface area (Å²) in [5.41, 5.74) is 0.748. The lowest BCUT2D eigenvalue weighted by molar-refractivity contribution is -0.165. The zero-order valence-electron chi connectivity index (χ0n) is 32.9. The largest absolute Gasteiger partial charge is 0.455 e. The highest BCUT2D eigenvalue weighted by molar-refractivity contribution is 9.09. The summed E-state index contributed by atoms with van der Waals surface area (Å²) in [5, 5.41) is 13.0. The molecule has 4 aromatic carbocycles. The van der Waals surface area contributed by atoms with Crippen LogP contribution in [0.5, 0.6) is 0 Å². The number of anilines is 1. The number of rotatable bonds is 16. The van der Waals surface area contributed by atoms with Gasteiger partial charge in [-0.2, -0.15) is 0 Å². The van der Waals surface area contributed by atoms with E-state index in [0.29, 0.717) is 17.7 Å². The fraction of sp³-hybridized carbons (Fsp3) is 0.362. The molecule has 302 valence electrons. The number of halogens is 1. The second-order valence-electron chi connectivity index (χ2n) is 15.5. The van der Waals surface area contributed by atoms with Crippen LogP contribution in [0, 0.1) is 11.8 Å². The molecular formula is C47H50BrN3O7. The van der Waals surface area contributed by atoms with Gasteiger partial charge in [-0.25, -0.2) is 0 Å². The number of aliphatic hydroxyl groups excluding tert-OH is 1. The van der Waals surface area contributed by atoms with Crippen molar-refractivity contribution >= 4 is 56.1 Å². The number of likely N-dealkylation sites (tertiary alicyclic amines) is 1. The molecule has 11 heteroatoms. The van der Waals surface area contributed by atoms with Crippen molar-refractivity contribution in [3.8, 4) is 0 Å². The number of alkyl halides is 1. The van der Waals surface area contributed by atoms with E-state index >= 15 is 9.59 Å². The summed E-state index contributed by atoms with van der Waals surface area (Å²) in [6, 6.07) is 29.8. The zero-order valence-corrected chi connectivity index (χ0v) is 34.4. The molecule has 0 radical (unpaired) electrons. The zero-order chi connectivity index (χ0) is 41.1. The van der Waals surface area contributed by atoms with Crippen molar-refractivity contribution in [3.05, 3.63) is 140 Å². The molecule has 10 nitrogen and oxygen atoms in total. The van der Waals surface area contributed by atoms with Gasteiger partial charge in [0.2, 0.25) is 11.8 Å². The van der Waals surface area contributed by atoms with E-state index < -0.39 is 77.0 Å². The van der Waals surface area contributed by atoms with E-state index in [4.69, 9.17) is 9.47 Å². The standard InChI is InChI=1S/C47H50BrN3O7/c1-5-7-22-38(53)49(4)30(3)41(33-19-12-9-13-20-33)57-46(56)39-40-44(54)51(36(29-52)26-31-16-10-8-11-17-31)43(47(40)28-37(48)42(39)58-47)45(55)50(25-6-2)35-24-23-32-18-14-15-21-34(32)27-35/h5-6,8-21,23-24,27,30,36-37,39-43,52H,1-2,7,22,25-26,28-29H2,3-4H3/t30-,36+,37?,39+,40-,41+,42+,43+,47-/m0/s1. The van der Waals surface area contributed by atoms with E-state index in [-0.39, 0.29) is 31.7 Å². The minimum Gasteiger partial charge on any atom is -0.455 e. The molecule has 2 bridgehead atoms. The Morgan fingerprint density at radius 3 is 2.33 bits per heavy atom. The molecule has 1 N–H and O–H groups in total. The number of amides is 3. The summed E-state index contributed by atoms with van der Waals surface area (Å²) in [4.78, 5) is 63.0. The lowest BCUT2D eigenvalue weighted by Crippen LogP contribution is -2.59. The van der Waals surface area contributed by atoms with E-state index in [0.717, 1.165) is 16.3 Å². The Balaban J connectivity index is 1.29. The third kappa shape index (κ3) is 7.51. The second kappa shape index (κ2) is 17.4. The first-order valence-corrected chi connectivity index (χ1v) is 20.8. The molecule has 3 heterocycles. The summed E-state index contributed by atoms with van der Waals surface area (Å²) in [6.07, 6.45) is 2.97. The molecule has 3 amide bonds. The highest BCUT2D eigenvalue weighted by Crippen LogP contribution is 2.61. The topological polar surface area (TPSA) is 117 Å². The van der Waals surface area contributed by atoms with Crippen molar-refractivity contribution in [3.63, 3.8) is 0 Å². The lowest BCUT2D eigenvalue weighted by atomic mass is 9.70. The Morgan fingerprint density at radius 2 is 1.66 bits per heavy atom. The van der Waals surface area contributed by atoms with Gasteiger partial charge in [-0.05, 0) is 60.2 Å². The minimum absolute atomic E-state index is 0.126. The number of benzene rings is 4. The first-order chi connectivity index (χ1) is 28.0. The molecule has 1 unspecified atom stereocenters. The Bertz CT molecular complexity index is 2170. The summed E-state index contributed by atoms with van der Waals surface area (Å²) in [6.45, 7) is 9.23. The number of hydrogen-bond acceptors (Lipinski definition) is 7. The van der Waals surface area contributed by atoms with Crippen LogP contribution in [0.4, 0.5) is 5.69 Å². The number of esters is 1. The molecule has 7 rings (SSSR count). The van der Waals surface area contributed by atoms with Gasteiger partial charge >= 0.3 is 5.97 Å². The second-order valence-corrected chi connectivity index (χ2v) is 16.7. The van der Waals surface area contributed by atoms with Crippen molar-refractivity contribution in [1.82, 2.24) is 9.80 Å². The van der Waals surface area contributed by atoms with Crippen LogP contribution in [0.2, 0.25) is 0 Å². The van der Waals surface area contributed by atoms with Gasteiger partial charge in [0.05, 0.1) is 36.6 Å². The van der Waals surface area contributed by atoms with E-state index in [1.165, 1.54) is 4.90 Å². The van der Waals surface area contributed by atoms with Crippen LogP contribution in [-0.2, 0) is 35.1 Å². The Hall–Kier alpha value is -5.10. The van der Waals surface area contributed by atoms with Gasteiger partial charge < -0.3 is 29.3 Å². The summed E-state index contributed by atoms with van der Waals surface area (Å²) in [5.74, 6) is -3.80. The molecule has 0 saturated carbocycles. The van der Waals surface area contributed by atoms with E-state index in [2.05, 4.69) is 29.1 Å². The summed E-state index contributed by atoms with van der Waals surface area (Å²) in [7, 11) is 1.69. The predicted octanol–water partition coefficient (Wildman–Crippen LogP) is 6.81. The van der Waals surface area contributed by atoms with E-state index in [1.54, 1.807) is 29.0 Å². The van der Waals surface area contributed by atoms with Crippen LogP contribution in [-0.4, -0.2) is 93.5 Å². The first-order valence-electron chi connectivity index (χ1n) is 19.9. The van der Waals surface area contributed by atoms with E-state index in [9.17, 15) is 14.7 Å². The van der Waals surface area contributed by atoms with Gasteiger partial charge in [-0.1, -0.05) is 119 Å². The van der Waals surface area contributed by atoms with Gasteiger partial charge in [0.25, 0.3) is 5.91 Å². The Kier molecular flexibility index (Phi) is 12.3. The van der Waals surface area contributed by atoms with Gasteiger partial charge in [0.15, 0.2) is 0 Å². The quantitative estimate of drug-likeness (QED) is 0.0749. The summed E-state index contributed by atoms with van der Waals surface area (Å²) >= 11 is 3.79.